The van der Waals surface area contributed by atoms with Gasteiger partial charge in [0.1, 0.15) is 11.2 Å². The molecule has 3 aromatic rings. The zero-order valence-corrected chi connectivity index (χ0v) is 19.7. The van der Waals surface area contributed by atoms with E-state index in [9.17, 15) is 9.59 Å². The van der Waals surface area contributed by atoms with E-state index >= 15 is 0 Å². The molecule has 2 amide bonds. The normalized spacial score (nSPS) is 22.7. The molecule has 0 saturated heterocycles. The van der Waals surface area contributed by atoms with Gasteiger partial charge in [-0.3, -0.25) is 9.59 Å². The van der Waals surface area contributed by atoms with Gasteiger partial charge in [-0.1, -0.05) is 56.5 Å². The van der Waals surface area contributed by atoms with Gasteiger partial charge < -0.3 is 14.8 Å². The van der Waals surface area contributed by atoms with E-state index in [1.165, 1.54) is 12.0 Å². The molecule has 5 rings (SSSR count). The summed E-state index contributed by atoms with van der Waals surface area (Å²) in [5, 5.41) is 5.36. The number of thiophene rings is 1. The number of carbonyl (C=O) groups excluding carboxylic acids is 2. The first kappa shape index (κ1) is 21.3. The molecule has 2 aromatic heterocycles. The van der Waals surface area contributed by atoms with Crippen LogP contribution in [0.1, 0.15) is 67.9 Å². The van der Waals surface area contributed by atoms with E-state index < -0.39 is 5.54 Å². The monoisotopic (exact) mass is 449 g/mol. The Balaban J connectivity index is 1.50. The van der Waals surface area contributed by atoms with Gasteiger partial charge in [-0.15, -0.1) is 11.3 Å². The predicted molar refractivity (Wildman–Crippen MR) is 129 cm³/mol. The fourth-order valence-corrected chi connectivity index (χ4v) is 6.13. The van der Waals surface area contributed by atoms with Gasteiger partial charge in [0.2, 0.25) is 5.91 Å². The van der Waals surface area contributed by atoms with Gasteiger partial charge in [-0.2, -0.15) is 0 Å². The predicted octanol–water partition coefficient (Wildman–Crippen LogP) is 5.17. The van der Waals surface area contributed by atoms with E-state index in [0.717, 1.165) is 35.9 Å². The maximum Gasteiger partial charge on any atom is 0.271 e. The minimum atomic E-state index is -0.932. The van der Waals surface area contributed by atoms with Gasteiger partial charge in [-0.25, -0.2) is 0 Å². The molecular weight excluding hydrogens is 418 g/mol. The molecule has 0 bridgehead atoms. The van der Waals surface area contributed by atoms with Crippen LogP contribution in [0.2, 0.25) is 0 Å². The summed E-state index contributed by atoms with van der Waals surface area (Å²) in [4.78, 5) is 29.4. The average molecular weight is 450 g/mol. The highest BCUT2D eigenvalue weighted by Crippen LogP contribution is 2.36. The van der Waals surface area contributed by atoms with Crippen molar-refractivity contribution in [1.29, 1.82) is 0 Å². The van der Waals surface area contributed by atoms with E-state index in [2.05, 4.69) is 35.0 Å². The van der Waals surface area contributed by atoms with Crippen LogP contribution in [0.5, 0.6) is 0 Å². The highest BCUT2D eigenvalue weighted by atomic mass is 32.1. The van der Waals surface area contributed by atoms with Crippen LogP contribution in [0.4, 0.5) is 0 Å². The lowest BCUT2D eigenvalue weighted by molar-refractivity contribution is -0.133. The van der Waals surface area contributed by atoms with Gasteiger partial charge in [-0.05, 0) is 48.8 Å². The van der Waals surface area contributed by atoms with Crippen molar-refractivity contribution >= 4 is 33.4 Å². The molecule has 1 N–H and O–H groups in total. The number of nitrogens with zero attached hydrogens (tertiary/aromatic N) is 2. The summed E-state index contributed by atoms with van der Waals surface area (Å²) in [5.41, 5.74) is 1.98. The summed E-state index contributed by atoms with van der Waals surface area (Å²) in [6.45, 7) is 5.07. The van der Waals surface area contributed by atoms with Crippen LogP contribution in [0.3, 0.4) is 0 Å². The Kier molecular flexibility index (Phi) is 5.58. The van der Waals surface area contributed by atoms with Crippen molar-refractivity contribution in [2.24, 2.45) is 0 Å². The summed E-state index contributed by atoms with van der Waals surface area (Å²) in [6, 6.07) is 14.5. The Hall–Kier alpha value is -2.60. The number of benzene rings is 1. The minimum absolute atomic E-state index is 0.0271. The molecule has 0 unspecified atom stereocenters. The zero-order chi connectivity index (χ0) is 22.3. The van der Waals surface area contributed by atoms with E-state index in [0.29, 0.717) is 18.8 Å². The van der Waals surface area contributed by atoms with E-state index in [1.54, 1.807) is 11.3 Å². The molecule has 0 spiro atoms. The number of hydrogen-bond donors (Lipinski definition) is 1. The summed E-state index contributed by atoms with van der Waals surface area (Å²) in [6.07, 6.45) is 5.62. The largest absolute Gasteiger partial charge is 0.351 e. The number of hydrogen-bond acceptors (Lipinski definition) is 3. The van der Waals surface area contributed by atoms with Crippen molar-refractivity contribution in [3.63, 3.8) is 0 Å². The maximum absolute atomic E-state index is 13.8. The lowest BCUT2D eigenvalue weighted by Crippen LogP contribution is -2.65. The van der Waals surface area contributed by atoms with Crippen LogP contribution in [0.25, 0.3) is 10.2 Å². The van der Waals surface area contributed by atoms with Crippen molar-refractivity contribution in [2.75, 3.05) is 6.54 Å². The van der Waals surface area contributed by atoms with Crippen molar-refractivity contribution in [2.45, 2.75) is 70.0 Å². The Bertz CT molecular complexity index is 1130. The molecule has 2 aliphatic rings. The number of aromatic nitrogens is 1. The number of rotatable bonds is 5. The highest BCUT2D eigenvalue weighted by molar-refractivity contribution is 7.17. The summed E-state index contributed by atoms with van der Waals surface area (Å²) in [7, 11) is 0. The van der Waals surface area contributed by atoms with E-state index in [1.807, 2.05) is 41.5 Å². The van der Waals surface area contributed by atoms with Crippen LogP contribution < -0.4 is 5.32 Å². The van der Waals surface area contributed by atoms with Crippen molar-refractivity contribution in [1.82, 2.24) is 14.8 Å². The van der Waals surface area contributed by atoms with Gasteiger partial charge >= 0.3 is 0 Å². The van der Waals surface area contributed by atoms with Gasteiger partial charge in [0.25, 0.3) is 5.91 Å². The summed E-state index contributed by atoms with van der Waals surface area (Å²) < 4.78 is 3.15. The SMILES string of the molecule is C[C@H](CN1C(=O)c2cc3sccc3n2C[C@@]1(C)C(=O)NC1CCCCC1)c1ccccc1. The first-order valence-corrected chi connectivity index (χ1v) is 12.6. The third kappa shape index (κ3) is 3.64. The van der Waals surface area contributed by atoms with Crippen molar-refractivity contribution in [3.8, 4) is 0 Å². The molecule has 1 fully saturated rings. The molecule has 32 heavy (non-hydrogen) atoms. The van der Waals surface area contributed by atoms with Crippen molar-refractivity contribution < 1.29 is 9.59 Å². The Morgan fingerprint density at radius 2 is 1.94 bits per heavy atom. The quantitative estimate of drug-likeness (QED) is 0.584. The molecule has 6 heteroatoms. The van der Waals surface area contributed by atoms with Gasteiger partial charge in [0, 0.05) is 12.6 Å². The molecule has 168 valence electrons. The van der Waals surface area contributed by atoms with Crippen LogP contribution in [0.15, 0.2) is 47.8 Å². The molecule has 1 saturated carbocycles. The number of fused-ring (bicyclic) bond motifs is 3. The lowest BCUT2D eigenvalue weighted by Gasteiger charge is -2.45. The summed E-state index contributed by atoms with van der Waals surface area (Å²) in [5.74, 6) is 0.0500. The second kappa shape index (κ2) is 8.39. The molecule has 2 atom stereocenters. The summed E-state index contributed by atoms with van der Waals surface area (Å²) >= 11 is 1.64. The van der Waals surface area contributed by atoms with Crippen LogP contribution in [0, 0.1) is 0 Å². The molecule has 3 heterocycles. The lowest BCUT2D eigenvalue weighted by atomic mass is 9.89. The van der Waals surface area contributed by atoms with Crippen LogP contribution in [-0.4, -0.2) is 39.4 Å². The Morgan fingerprint density at radius 1 is 1.19 bits per heavy atom. The van der Waals surface area contributed by atoms with Crippen molar-refractivity contribution in [3.05, 3.63) is 59.1 Å². The standard InChI is InChI=1S/C26H31N3O2S/c1-18(19-9-5-3-6-10-19)16-29-24(30)22-15-23-21(13-14-32-23)28(22)17-26(29,2)25(31)27-20-11-7-4-8-12-20/h3,5-6,9-10,13-15,18,20H,4,7-8,11-12,16-17H2,1-2H3,(H,27,31)/t18-,26+/m1/s1. The van der Waals surface area contributed by atoms with E-state index in [4.69, 9.17) is 0 Å². The zero-order valence-electron chi connectivity index (χ0n) is 18.8. The average Bonchev–Trinajstić information content (AvgIpc) is 3.40. The Morgan fingerprint density at radius 3 is 2.69 bits per heavy atom. The third-order valence-electron chi connectivity index (χ3n) is 7.30. The maximum atomic E-state index is 13.8. The molecule has 0 radical (unpaired) electrons. The van der Waals surface area contributed by atoms with Gasteiger partial charge in [0.05, 0.1) is 16.8 Å². The topological polar surface area (TPSA) is 54.3 Å². The fourth-order valence-electron chi connectivity index (χ4n) is 5.31. The highest BCUT2D eigenvalue weighted by Gasteiger charge is 2.48. The number of amides is 2. The fraction of sp³-hybridized carbons (Fsp3) is 0.462. The molecular formula is C26H31N3O2S. The molecule has 1 aromatic carbocycles. The minimum Gasteiger partial charge on any atom is -0.351 e. The van der Waals surface area contributed by atoms with Gasteiger partial charge in [0.15, 0.2) is 0 Å². The Labute approximate surface area is 193 Å². The third-order valence-corrected chi connectivity index (χ3v) is 8.16. The second-order valence-electron chi connectivity index (χ2n) is 9.60. The van der Waals surface area contributed by atoms with E-state index in [-0.39, 0.29) is 23.8 Å². The van der Waals surface area contributed by atoms with Crippen LogP contribution >= 0.6 is 11.3 Å². The first-order valence-electron chi connectivity index (χ1n) is 11.7. The number of nitrogens with one attached hydrogen (secondary N) is 1. The second-order valence-corrected chi connectivity index (χ2v) is 10.5. The molecule has 1 aliphatic heterocycles. The smallest absolute Gasteiger partial charge is 0.271 e. The first-order chi connectivity index (χ1) is 15.5. The van der Waals surface area contributed by atoms with Crippen LogP contribution in [-0.2, 0) is 11.3 Å². The molecule has 5 nitrogen and oxygen atoms in total. The molecule has 1 aliphatic carbocycles. The number of carbonyl (C=O) groups is 2.